The highest BCUT2D eigenvalue weighted by atomic mass is 19.1. The summed E-state index contributed by atoms with van der Waals surface area (Å²) < 4.78 is 12.9. The van der Waals surface area contributed by atoms with Gasteiger partial charge in [-0.15, -0.1) is 0 Å². The van der Waals surface area contributed by atoms with Crippen molar-refractivity contribution in [2.24, 2.45) is 0 Å². The maximum absolute atomic E-state index is 12.9. The number of hydrogen-bond donors (Lipinski definition) is 1. The van der Waals surface area contributed by atoms with Crippen LogP contribution in [-0.2, 0) is 0 Å². The highest BCUT2D eigenvalue weighted by Gasteiger charge is 1.99. The van der Waals surface area contributed by atoms with Crippen molar-refractivity contribution in [2.75, 3.05) is 11.9 Å². The number of anilines is 1. The summed E-state index contributed by atoms with van der Waals surface area (Å²) in [6, 6.07) is 3.53. The second-order valence-electron chi connectivity index (χ2n) is 3.08. The quantitative estimate of drug-likeness (QED) is 0.606. The van der Waals surface area contributed by atoms with Crippen molar-refractivity contribution >= 4 is 5.82 Å². The fraction of sp³-hybridized carbons (Fsp3) is 0.643. The van der Waals surface area contributed by atoms with Crippen LogP contribution in [0.15, 0.2) is 12.1 Å². The summed E-state index contributed by atoms with van der Waals surface area (Å²) >= 11 is 0. The van der Waals surface area contributed by atoms with Crippen molar-refractivity contribution < 1.29 is 4.39 Å². The number of aromatic nitrogens is 1. The van der Waals surface area contributed by atoms with E-state index in [4.69, 9.17) is 0 Å². The third-order valence-electron chi connectivity index (χ3n) is 1.87. The fourth-order valence-corrected chi connectivity index (χ4v) is 0.996. The molecule has 1 N–H and O–H groups in total. The summed E-state index contributed by atoms with van der Waals surface area (Å²) in [6.45, 7) is 12.7. The number of pyridine rings is 1. The minimum absolute atomic E-state index is 0.388. The minimum Gasteiger partial charge on any atom is -0.370 e. The van der Waals surface area contributed by atoms with Crippen LogP contribution in [0.4, 0.5) is 10.2 Å². The van der Waals surface area contributed by atoms with Crippen LogP contribution >= 0.6 is 0 Å². The molecule has 1 heterocycles. The lowest BCUT2D eigenvalue weighted by atomic mass is 10.3. The van der Waals surface area contributed by atoms with Crippen LogP contribution in [0.5, 0.6) is 0 Å². The normalized spacial score (nSPS) is 8.41. The molecule has 100 valence electrons. The lowest BCUT2D eigenvalue weighted by molar-refractivity contribution is 0.575. The van der Waals surface area contributed by atoms with E-state index >= 15 is 0 Å². The van der Waals surface area contributed by atoms with Crippen LogP contribution in [0.2, 0.25) is 0 Å². The van der Waals surface area contributed by atoms with E-state index in [9.17, 15) is 4.39 Å². The predicted molar refractivity (Wildman–Crippen MR) is 75.0 cm³/mol. The van der Waals surface area contributed by atoms with E-state index in [1.54, 1.807) is 19.1 Å². The van der Waals surface area contributed by atoms with Crippen LogP contribution in [-0.4, -0.2) is 11.5 Å². The summed E-state index contributed by atoms with van der Waals surface area (Å²) in [6.07, 6.45) is 2.21. The first kappa shape index (κ1) is 18.3. The molecule has 1 aromatic rings. The van der Waals surface area contributed by atoms with Gasteiger partial charge in [-0.25, -0.2) is 4.98 Å². The predicted octanol–water partition coefficient (Wildman–Crippen LogP) is 4.79. The molecule has 2 nitrogen and oxygen atoms in total. The highest BCUT2D eigenvalue weighted by Crippen LogP contribution is 2.08. The zero-order chi connectivity index (χ0) is 13.7. The molecule has 1 aromatic heterocycles. The largest absolute Gasteiger partial charge is 0.370 e. The van der Waals surface area contributed by atoms with E-state index in [-0.39, 0.29) is 5.95 Å². The molecule has 0 fully saturated rings. The Labute approximate surface area is 106 Å². The third-order valence-corrected chi connectivity index (χ3v) is 1.87. The molecule has 0 saturated carbocycles. The monoisotopic (exact) mass is 242 g/mol. The van der Waals surface area contributed by atoms with Crippen molar-refractivity contribution in [3.8, 4) is 0 Å². The average Bonchev–Trinajstić information content (AvgIpc) is 2.39. The molecule has 0 atom stereocenters. The molecule has 17 heavy (non-hydrogen) atoms. The van der Waals surface area contributed by atoms with Gasteiger partial charge in [0.25, 0.3) is 0 Å². The molecule has 0 aliphatic carbocycles. The standard InChI is InChI=1S/C10H15FN2.2C2H6/c1-3-4-7-12-9-6-5-8(2)10(11)13-9;2*1-2/h5-6H,3-4,7H2,1-2H3,(H,12,13);2*1-2H3. The summed E-state index contributed by atoms with van der Waals surface area (Å²) in [4.78, 5) is 3.77. The van der Waals surface area contributed by atoms with E-state index in [0.29, 0.717) is 11.4 Å². The van der Waals surface area contributed by atoms with Crippen LogP contribution in [0, 0.1) is 12.9 Å². The van der Waals surface area contributed by atoms with E-state index in [1.165, 1.54) is 0 Å². The van der Waals surface area contributed by atoms with Gasteiger partial charge in [-0.1, -0.05) is 47.1 Å². The second-order valence-corrected chi connectivity index (χ2v) is 3.08. The molecule has 0 aromatic carbocycles. The zero-order valence-electron chi connectivity index (χ0n) is 12.1. The van der Waals surface area contributed by atoms with Gasteiger partial charge in [-0.3, -0.25) is 0 Å². The topological polar surface area (TPSA) is 24.9 Å². The number of unbranched alkanes of at least 4 members (excludes halogenated alkanes) is 1. The van der Waals surface area contributed by atoms with E-state index < -0.39 is 0 Å². The van der Waals surface area contributed by atoms with Gasteiger partial charge in [0, 0.05) is 12.1 Å². The Morgan fingerprint density at radius 1 is 1.18 bits per heavy atom. The van der Waals surface area contributed by atoms with Crippen molar-refractivity contribution in [3.05, 3.63) is 23.6 Å². The SMILES string of the molecule is CC.CC.CCCCNc1ccc(C)c(F)n1. The summed E-state index contributed by atoms with van der Waals surface area (Å²) in [5.41, 5.74) is 0.584. The molecule has 0 aliphatic rings. The fourth-order valence-electron chi connectivity index (χ4n) is 0.996. The maximum Gasteiger partial charge on any atom is 0.217 e. The van der Waals surface area contributed by atoms with Gasteiger partial charge >= 0.3 is 0 Å². The van der Waals surface area contributed by atoms with Gasteiger partial charge in [0.05, 0.1) is 0 Å². The van der Waals surface area contributed by atoms with Gasteiger partial charge in [-0.05, 0) is 19.4 Å². The molecular formula is C14H27FN2. The lowest BCUT2D eigenvalue weighted by Gasteiger charge is -2.04. The first-order valence-corrected chi connectivity index (χ1v) is 6.61. The molecule has 0 spiro atoms. The first-order chi connectivity index (χ1) is 8.24. The average molecular weight is 242 g/mol. The first-order valence-electron chi connectivity index (χ1n) is 6.61. The maximum atomic E-state index is 12.9. The zero-order valence-corrected chi connectivity index (χ0v) is 12.1. The van der Waals surface area contributed by atoms with Crippen molar-refractivity contribution in [1.82, 2.24) is 4.98 Å². The van der Waals surface area contributed by atoms with Crippen molar-refractivity contribution in [3.63, 3.8) is 0 Å². The molecule has 0 saturated heterocycles. The van der Waals surface area contributed by atoms with Gasteiger partial charge in [-0.2, -0.15) is 4.39 Å². The van der Waals surface area contributed by atoms with Crippen LogP contribution < -0.4 is 5.32 Å². The number of nitrogens with zero attached hydrogens (tertiary/aromatic N) is 1. The summed E-state index contributed by atoms with van der Waals surface area (Å²) in [5.74, 6) is 0.234. The number of rotatable bonds is 4. The van der Waals surface area contributed by atoms with Gasteiger partial charge in [0.15, 0.2) is 0 Å². The Morgan fingerprint density at radius 3 is 2.24 bits per heavy atom. The van der Waals surface area contributed by atoms with Crippen LogP contribution in [0.3, 0.4) is 0 Å². The third kappa shape index (κ3) is 8.66. The smallest absolute Gasteiger partial charge is 0.217 e. The number of nitrogens with one attached hydrogen (secondary N) is 1. The van der Waals surface area contributed by atoms with Crippen molar-refractivity contribution in [2.45, 2.75) is 54.4 Å². The lowest BCUT2D eigenvalue weighted by Crippen LogP contribution is -2.04. The van der Waals surface area contributed by atoms with E-state index in [0.717, 1.165) is 19.4 Å². The number of aryl methyl sites for hydroxylation is 1. The van der Waals surface area contributed by atoms with Crippen LogP contribution in [0.1, 0.15) is 53.0 Å². The van der Waals surface area contributed by atoms with E-state index in [2.05, 4.69) is 17.2 Å². The minimum atomic E-state index is -0.388. The molecule has 3 heteroatoms. The Bertz CT molecular complexity index is 275. The number of hydrogen-bond acceptors (Lipinski definition) is 2. The molecule has 0 aliphatic heterocycles. The molecule has 1 rings (SSSR count). The van der Waals surface area contributed by atoms with Gasteiger partial charge < -0.3 is 5.32 Å². The molecule has 0 unspecified atom stereocenters. The van der Waals surface area contributed by atoms with E-state index in [1.807, 2.05) is 27.7 Å². The van der Waals surface area contributed by atoms with Crippen molar-refractivity contribution in [1.29, 1.82) is 0 Å². The van der Waals surface area contributed by atoms with Gasteiger partial charge in [0.1, 0.15) is 5.82 Å². The Hall–Kier alpha value is -1.12. The molecular weight excluding hydrogens is 215 g/mol. The number of halogens is 1. The van der Waals surface area contributed by atoms with Crippen LogP contribution in [0.25, 0.3) is 0 Å². The Kier molecular flexibility index (Phi) is 13.9. The highest BCUT2D eigenvalue weighted by molar-refractivity contribution is 5.35. The Balaban J connectivity index is 0. The second kappa shape index (κ2) is 12.9. The molecule has 0 radical (unpaired) electrons. The molecule has 0 amide bonds. The van der Waals surface area contributed by atoms with Gasteiger partial charge in [0.2, 0.25) is 5.95 Å². The summed E-state index contributed by atoms with van der Waals surface area (Å²) in [7, 11) is 0. The molecule has 0 bridgehead atoms. The summed E-state index contributed by atoms with van der Waals surface area (Å²) in [5, 5.41) is 3.06. The Morgan fingerprint density at radius 2 is 1.76 bits per heavy atom.